The Morgan fingerprint density at radius 3 is 2.59 bits per heavy atom. The summed E-state index contributed by atoms with van der Waals surface area (Å²) >= 11 is 0. The van der Waals surface area contributed by atoms with E-state index in [1.54, 1.807) is 0 Å². The Labute approximate surface area is 105 Å². The molecule has 0 aliphatic carbocycles. The Hall–Kier alpha value is -0.610. The van der Waals surface area contributed by atoms with E-state index >= 15 is 0 Å². The minimum Gasteiger partial charge on any atom is -0.352 e. The molecule has 4 nitrogen and oxygen atoms in total. The van der Waals surface area contributed by atoms with Crippen LogP contribution in [-0.2, 0) is 4.79 Å². The number of rotatable bonds is 6. The van der Waals surface area contributed by atoms with Crippen LogP contribution in [0.15, 0.2) is 0 Å². The SMILES string of the molecule is CCCCN1CCC(NC(=O)[C@@H](N)CC)CC1. The summed E-state index contributed by atoms with van der Waals surface area (Å²) in [5.74, 6) is 0.0134. The van der Waals surface area contributed by atoms with E-state index in [1.807, 2.05) is 6.92 Å². The van der Waals surface area contributed by atoms with E-state index in [-0.39, 0.29) is 11.9 Å². The van der Waals surface area contributed by atoms with E-state index in [1.165, 1.54) is 19.4 Å². The van der Waals surface area contributed by atoms with Gasteiger partial charge in [0.15, 0.2) is 0 Å². The normalized spacial score (nSPS) is 20.2. The highest BCUT2D eigenvalue weighted by atomic mass is 16.2. The largest absolute Gasteiger partial charge is 0.352 e. The van der Waals surface area contributed by atoms with Gasteiger partial charge in [-0.05, 0) is 32.2 Å². The van der Waals surface area contributed by atoms with E-state index in [2.05, 4.69) is 17.1 Å². The number of nitrogens with one attached hydrogen (secondary N) is 1. The molecule has 4 heteroatoms. The summed E-state index contributed by atoms with van der Waals surface area (Å²) in [6.07, 6.45) is 5.36. The summed E-state index contributed by atoms with van der Waals surface area (Å²) in [7, 11) is 0. The fourth-order valence-electron chi connectivity index (χ4n) is 2.18. The second-order valence-corrected chi connectivity index (χ2v) is 4.99. The lowest BCUT2D eigenvalue weighted by Gasteiger charge is -2.32. The van der Waals surface area contributed by atoms with Gasteiger partial charge in [0.1, 0.15) is 0 Å². The Kier molecular flexibility index (Phi) is 6.52. The Morgan fingerprint density at radius 2 is 2.06 bits per heavy atom. The number of carbonyl (C=O) groups is 1. The first-order valence-electron chi connectivity index (χ1n) is 6.95. The number of nitrogens with two attached hydrogens (primary N) is 1. The molecule has 0 bridgehead atoms. The van der Waals surface area contributed by atoms with Gasteiger partial charge >= 0.3 is 0 Å². The third-order valence-electron chi connectivity index (χ3n) is 3.54. The number of carbonyl (C=O) groups excluding carboxylic acids is 1. The molecular weight excluding hydrogens is 214 g/mol. The highest BCUT2D eigenvalue weighted by Gasteiger charge is 2.21. The number of piperidine rings is 1. The van der Waals surface area contributed by atoms with Gasteiger partial charge in [-0.25, -0.2) is 0 Å². The molecule has 1 saturated heterocycles. The molecule has 1 aliphatic heterocycles. The van der Waals surface area contributed by atoms with Crippen molar-refractivity contribution in [3.63, 3.8) is 0 Å². The van der Waals surface area contributed by atoms with Crippen molar-refractivity contribution in [1.82, 2.24) is 10.2 Å². The van der Waals surface area contributed by atoms with Gasteiger partial charge in [0, 0.05) is 19.1 Å². The van der Waals surface area contributed by atoms with Gasteiger partial charge in [0.25, 0.3) is 0 Å². The number of hydrogen-bond donors (Lipinski definition) is 2. The highest BCUT2D eigenvalue weighted by molar-refractivity contribution is 5.81. The first kappa shape index (κ1) is 14.5. The van der Waals surface area contributed by atoms with Crippen molar-refractivity contribution < 1.29 is 4.79 Å². The minimum absolute atomic E-state index is 0.0134. The average molecular weight is 241 g/mol. The third-order valence-corrected chi connectivity index (χ3v) is 3.54. The second-order valence-electron chi connectivity index (χ2n) is 4.99. The maximum absolute atomic E-state index is 11.6. The van der Waals surface area contributed by atoms with E-state index in [0.29, 0.717) is 12.5 Å². The van der Waals surface area contributed by atoms with Gasteiger partial charge in [0.2, 0.25) is 5.91 Å². The monoisotopic (exact) mass is 241 g/mol. The van der Waals surface area contributed by atoms with Crippen LogP contribution in [0.25, 0.3) is 0 Å². The molecule has 0 aromatic carbocycles. The molecule has 0 spiro atoms. The minimum atomic E-state index is -0.340. The fourth-order valence-corrected chi connectivity index (χ4v) is 2.18. The summed E-state index contributed by atoms with van der Waals surface area (Å²) in [6.45, 7) is 7.57. The molecule has 1 amide bonds. The molecule has 100 valence electrons. The molecule has 1 atom stereocenters. The lowest BCUT2D eigenvalue weighted by Crippen LogP contribution is -2.49. The van der Waals surface area contributed by atoms with Crippen molar-refractivity contribution >= 4 is 5.91 Å². The molecule has 1 heterocycles. The number of hydrogen-bond acceptors (Lipinski definition) is 3. The van der Waals surface area contributed by atoms with Crippen LogP contribution in [0.1, 0.15) is 46.0 Å². The number of nitrogens with zero attached hydrogens (tertiary/aromatic N) is 1. The quantitative estimate of drug-likeness (QED) is 0.732. The van der Waals surface area contributed by atoms with Crippen LogP contribution >= 0.6 is 0 Å². The van der Waals surface area contributed by atoms with E-state index in [4.69, 9.17) is 5.73 Å². The molecule has 0 radical (unpaired) electrons. The van der Waals surface area contributed by atoms with E-state index in [0.717, 1.165) is 25.9 Å². The number of likely N-dealkylation sites (tertiary alicyclic amines) is 1. The van der Waals surface area contributed by atoms with Crippen molar-refractivity contribution in [2.75, 3.05) is 19.6 Å². The molecule has 0 aromatic heterocycles. The summed E-state index contributed by atoms with van der Waals surface area (Å²) in [6, 6.07) is -0.00824. The van der Waals surface area contributed by atoms with E-state index < -0.39 is 0 Å². The molecule has 1 rings (SSSR count). The number of amides is 1. The van der Waals surface area contributed by atoms with Gasteiger partial charge in [-0.2, -0.15) is 0 Å². The van der Waals surface area contributed by atoms with Crippen LogP contribution < -0.4 is 11.1 Å². The Morgan fingerprint density at radius 1 is 1.41 bits per heavy atom. The van der Waals surface area contributed by atoms with Crippen LogP contribution in [0.4, 0.5) is 0 Å². The lowest BCUT2D eigenvalue weighted by molar-refractivity contribution is -0.123. The average Bonchev–Trinajstić information content (AvgIpc) is 2.37. The first-order valence-corrected chi connectivity index (χ1v) is 6.95. The predicted octanol–water partition coefficient (Wildman–Crippen LogP) is 1.10. The Balaban J connectivity index is 2.20. The van der Waals surface area contributed by atoms with Crippen molar-refractivity contribution in [3.05, 3.63) is 0 Å². The van der Waals surface area contributed by atoms with Gasteiger partial charge in [-0.1, -0.05) is 20.3 Å². The van der Waals surface area contributed by atoms with Crippen molar-refractivity contribution in [2.24, 2.45) is 5.73 Å². The second kappa shape index (κ2) is 7.67. The Bertz CT molecular complexity index is 225. The molecule has 0 unspecified atom stereocenters. The predicted molar refractivity (Wildman–Crippen MR) is 70.8 cm³/mol. The van der Waals surface area contributed by atoms with Gasteiger partial charge < -0.3 is 16.0 Å². The standard InChI is InChI=1S/C13H27N3O/c1-3-5-8-16-9-6-11(7-10-16)15-13(17)12(14)4-2/h11-12H,3-10,14H2,1-2H3,(H,15,17)/t12-/m0/s1. The van der Waals surface area contributed by atoms with Crippen LogP contribution in [-0.4, -0.2) is 42.5 Å². The molecule has 0 aromatic rings. The van der Waals surface area contributed by atoms with Gasteiger partial charge in [-0.15, -0.1) is 0 Å². The molecule has 1 aliphatic rings. The topological polar surface area (TPSA) is 58.4 Å². The molecular formula is C13H27N3O. The first-order chi connectivity index (χ1) is 8.17. The van der Waals surface area contributed by atoms with Crippen LogP contribution in [0.2, 0.25) is 0 Å². The van der Waals surface area contributed by atoms with Crippen molar-refractivity contribution in [2.45, 2.75) is 58.0 Å². The lowest BCUT2D eigenvalue weighted by atomic mass is 10.0. The smallest absolute Gasteiger partial charge is 0.237 e. The van der Waals surface area contributed by atoms with Gasteiger partial charge in [0.05, 0.1) is 6.04 Å². The molecule has 3 N–H and O–H groups in total. The molecule has 1 fully saturated rings. The maximum Gasteiger partial charge on any atom is 0.237 e. The summed E-state index contributed by atoms with van der Waals surface area (Å²) in [4.78, 5) is 14.1. The highest BCUT2D eigenvalue weighted by Crippen LogP contribution is 2.11. The van der Waals surface area contributed by atoms with E-state index in [9.17, 15) is 4.79 Å². The zero-order chi connectivity index (χ0) is 12.7. The summed E-state index contributed by atoms with van der Waals surface area (Å²) < 4.78 is 0. The maximum atomic E-state index is 11.6. The summed E-state index contributed by atoms with van der Waals surface area (Å²) in [5.41, 5.74) is 5.70. The van der Waals surface area contributed by atoms with Crippen molar-refractivity contribution in [1.29, 1.82) is 0 Å². The van der Waals surface area contributed by atoms with Crippen LogP contribution in [0.3, 0.4) is 0 Å². The summed E-state index contributed by atoms with van der Waals surface area (Å²) in [5, 5.41) is 3.06. The zero-order valence-corrected chi connectivity index (χ0v) is 11.2. The van der Waals surface area contributed by atoms with Crippen LogP contribution in [0.5, 0.6) is 0 Å². The third kappa shape index (κ3) is 5.04. The number of unbranched alkanes of at least 4 members (excludes halogenated alkanes) is 1. The zero-order valence-electron chi connectivity index (χ0n) is 11.2. The molecule has 17 heavy (non-hydrogen) atoms. The molecule has 0 saturated carbocycles. The van der Waals surface area contributed by atoms with Crippen molar-refractivity contribution in [3.8, 4) is 0 Å². The fraction of sp³-hybridized carbons (Fsp3) is 0.923. The van der Waals surface area contributed by atoms with Crippen LogP contribution in [0, 0.1) is 0 Å². The van der Waals surface area contributed by atoms with Gasteiger partial charge in [-0.3, -0.25) is 4.79 Å².